The lowest BCUT2D eigenvalue weighted by Gasteiger charge is -2.11. The number of aromatic nitrogens is 2. The summed E-state index contributed by atoms with van der Waals surface area (Å²) in [6.45, 7) is 2.52. The standard InChI is InChI=1S/C20H22N6O2.HI/c1-14-5-7-15(8-6-14)19-26-17(13-28-19)11-23-20(21-2)24-12-18(27)25-16-4-3-9-22-10-16;/h3-10,13H,11-12H2,1-2H3,(H,25,27)(H2,21,23,24);1H. The molecule has 3 aromatic rings. The molecule has 9 heteroatoms. The van der Waals surface area contributed by atoms with Crippen molar-refractivity contribution in [2.75, 3.05) is 18.9 Å². The van der Waals surface area contributed by atoms with Crippen molar-refractivity contribution in [3.8, 4) is 11.5 Å². The fourth-order valence-electron chi connectivity index (χ4n) is 2.42. The summed E-state index contributed by atoms with van der Waals surface area (Å²) in [6.07, 6.45) is 4.83. The molecule has 0 bridgehead atoms. The fraction of sp³-hybridized carbons (Fsp3) is 0.200. The molecule has 0 saturated carbocycles. The van der Waals surface area contributed by atoms with E-state index in [4.69, 9.17) is 4.42 Å². The van der Waals surface area contributed by atoms with Gasteiger partial charge in [0.05, 0.1) is 30.7 Å². The first-order valence-corrected chi connectivity index (χ1v) is 8.80. The van der Waals surface area contributed by atoms with Gasteiger partial charge in [-0.15, -0.1) is 24.0 Å². The first kappa shape index (κ1) is 22.3. The Hall–Kier alpha value is -2.95. The minimum absolute atomic E-state index is 0. The van der Waals surface area contributed by atoms with E-state index < -0.39 is 0 Å². The number of nitrogens with zero attached hydrogens (tertiary/aromatic N) is 3. The normalized spacial score (nSPS) is 10.8. The van der Waals surface area contributed by atoms with E-state index in [1.165, 1.54) is 5.56 Å². The minimum Gasteiger partial charge on any atom is -0.444 e. The number of benzene rings is 1. The number of hydrogen-bond acceptors (Lipinski definition) is 5. The first-order valence-electron chi connectivity index (χ1n) is 8.80. The third-order valence-corrected chi connectivity index (χ3v) is 3.87. The topological polar surface area (TPSA) is 104 Å². The number of carbonyl (C=O) groups excluding carboxylic acids is 1. The zero-order valence-electron chi connectivity index (χ0n) is 16.2. The van der Waals surface area contributed by atoms with Crippen molar-refractivity contribution in [2.24, 2.45) is 4.99 Å². The number of amides is 1. The molecule has 1 amide bonds. The average molecular weight is 506 g/mol. The summed E-state index contributed by atoms with van der Waals surface area (Å²) < 4.78 is 5.54. The predicted octanol–water partition coefficient (Wildman–Crippen LogP) is 2.97. The van der Waals surface area contributed by atoms with Crippen LogP contribution >= 0.6 is 24.0 Å². The Morgan fingerprint density at radius 3 is 2.66 bits per heavy atom. The molecule has 0 saturated heterocycles. The summed E-state index contributed by atoms with van der Waals surface area (Å²) in [4.78, 5) is 24.5. The Labute approximate surface area is 186 Å². The van der Waals surface area contributed by atoms with E-state index in [1.54, 1.807) is 37.8 Å². The van der Waals surface area contributed by atoms with Gasteiger partial charge >= 0.3 is 0 Å². The van der Waals surface area contributed by atoms with Gasteiger partial charge in [-0.25, -0.2) is 4.98 Å². The number of aryl methyl sites for hydroxylation is 1. The Morgan fingerprint density at radius 2 is 1.97 bits per heavy atom. The molecule has 8 nitrogen and oxygen atoms in total. The van der Waals surface area contributed by atoms with Crippen LogP contribution in [0.1, 0.15) is 11.3 Å². The number of halogens is 1. The number of rotatable bonds is 6. The maximum Gasteiger partial charge on any atom is 0.243 e. The van der Waals surface area contributed by atoms with Gasteiger partial charge in [-0.1, -0.05) is 17.7 Å². The van der Waals surface area contributed by atoms with E-state index in [0.29, 0.717) is 24.1 Å². The number of anilines is 1. The Bertz CT molecular complexity index is 941. The summed E-state index contributed by atoms with van der Waals surface area (Å²) in [5.41, 5.74) is 3.48. The molecule has 29 heavy (non-hydrogen) atoms. The second-order valence-corrected chi connectivity index (χ2v) is 6.08. The lowest BCUT2D eigenvalue weighted by molar-refractivity contribution is -0.115. The molecule has 0 unspecified atom stereocenters. The molecule has 0 aliphatic carbocycles. The number of nitrogens with one attached hydrogen (secondary N) is 3. The third kappa shape index (κ3) is 6.86. The van der Waals surface area contributed by atoms with E-state index in [0.717, 1.165) is 11.3 Å². The van der Waals surface area contributed by atoms with Gasteiger partial charge in [0.1, 0.15) is 6.26 Å². The Kier molecular flexibility index (Phi) is 8.59. The minimum atomic E-state index is -0.195. The molecule has 2 aromatic heterocycles. The van der Waals surface area contributed by atoms with Gasteiger partial charge in [0.2, 0.25) is 11.8 Å². The van der Waals surface area contributed by atoms with Crippen LogP contribution in [0.25, 0.3) is 11.5 Å². The van der Waals surface area contributed by atoms with Gasteiger partial charge < -0.3 is 20.4 Å². The van der Waals surface area contributed by atoms with Crippen LogP contribution in [-0.4, -0.2) is 35.4 Å². The van der Waals surface area contributed by atoms with E-state index in [2.05, 4.69) is 30.9 Å². The fourth-order valence-corrected chi connectivity index (χ4v) is 2.42. The molecular formula is C20H23IN6O2. The molecule has 0 radical (unpaired) electrons. The summed E-state index contributed by atoms with van der Waals surface area (Å²) in [6, 6.07) is 11.5. The van der Waals surface area contributed by atoms with Crippen molar-refractivity contribution in [1.29, 1.82) is 0 Å². The van der Waals surface area contributed by atoms with Crippen LogP contribution in [0, 0.1) is 6.92 Å². The van der Waals surface area contributed by atoms with Gasteiger partial charge in [-0.05, 0) is 31.2 Å². The van der Waals surface area contributed by atoms with Crippen molar-refractivity contribution < 1.29 is 9.21 Å². The molecule has 0 aliphatic heterocycles. The monoisotopic (exact) mass is 506 g/mol. The van der Waals surface area contributed by atoms with Crippen LogP contribution in [0.3, 0.4) is 0 Å². The maximum atomic E-state index is 12.0. The largest absolute Gasteiger partial charge is 0.444 e. The second kappa shape index (κ2) is 11.1. The average Bonchev–Trinajstić information content (AvgIpc) is 3.18. The number of oxazole rings is 1. The molecule has 0 atom stereocenters. The summed E-state index contributed by atoms with van der Waals surface area (Å²) >= 11 is 0. The highest BCUT2D eigenvalue weighted by molar-refractivity contribution is 14.0. The SMILES string of the molecule is CN=C(NCC(=O)Nc1cccnc1)NCc1coc(-c2ccc(C)cc2)n1.I. The van der Waals surface area contributed by atoms with Crippen LogP contribution in [0.5, 0.6) is 0 Å². The van der Waals surface area contributed by atoms with E-state index >= 15 is 0 Å². The summed E-state index contributed by atoms with van der Waals surface area (Å²) in [7, 11) is 1.63. The Balaban J connectivity index is 0.00000300. The van der Waals surface area contributed by atoms with Gasteiger partial charge in [0.15, 0.2) is 5.96 Å². The molecule has 3 rings (SSSR count). The van der Waals surface area contributed by atoms with E-state index in [1.807, 2.05) is 31.2 Å². The highest BCUT2D eigenvalue weighted by Crippen LogP contribution is 2.18. The molecule has 1 aromatic carbocycles. The predicted molar refractivity (Wildman–Crippen MR) is 123 cm³/mol. The molecule has 3 N–H and O–H groups in total. The van der Waals surface area contributed by atoms with Crippen molar-refractivity contribution in [1.82, 2.24) is 20.6 Å². The number of hydrogen-bond donors (Lipinski definition) is 3. The lowest BCUT2D eigenvalue weighted by Crippen LogP contribution is -2.41. The first-order chi connectivity index (χ1) is 13.6. The highest BCUT2D eigenvalue weighted by atomic mass is 127. The summed E-state index contributed by atoms with van der Waals surface area (Å²) in [5.74, 6) is 0.857. The van der Waals surface area contributed by atoms with Crippen LogP contribution in [-0.2, 0) is 11.3 Å². The van der Waals surface area contributed by atoms with Crippen LogP contribution < -0.4 is 16.0 Å². The number of pyridine rings is 1. The molecule has 0 aliphatic rings. The van der Waals surface area contributed by atoms with Gasteiger partial charge in [0, 0.05) is 18.8 Å². The molecule has 0 fully saturated rings. The van der Waals surface area contributed by atoms with Gasteiger partial charge in [-0.3, -0.25) is 14.8 Å². The zero-order valence-corrected chi connectivity index (χ0v) is 18.5. The number of guanidine groups is 1. The van der Waals surface area contributed by atoms with Gasteiger partial charge in [0.25, 0.3) is 0 Å². The zero-order chi connectivity index (χ0) is 19.8. The second-order valence-electron chi connectivity index (χ2n) is 6.08. The molecule has 2 heterocycles. The van der Waals surface area contributed by atoms with Crippen molar-refractivity contribution >= 4 is 41.5 Å². The van der Waals surface area contributed by atoms with Gasteiger partial charge in [-0.2, -0.15) is 0 Å². The number of aliphatic imine (C=N–C) groups is 1. The molecular weight excluding hydrogens is 483 g/mol. The van der Waals surface area contributed by atoms with E-state index in [9.17, 15) is 4.79 Å². The molecule has 152 valence electrons. The van der Waals surface area contributed by atoms with Crippen LogP contribution in [0.2, 0.25) is 0 Å². The van der Waals surface area contributed by atoms with Crippen LogP contribution in [0.15, 0.2) is 64.5 Å². The lowest BCUT2D eigenvalue weighted by atomic mass is 10.1. The number of carbonyl (C=O) groups is 1. The van der Waals surface area contributed by atoms with E-state index in [-0.39, 0.29) is 36.4 Å². The smallest absolute Gasteiger partial charge is 0.243 e. The summed E-state index contributed by atoms with van der Waals surface area (Å²) in [5, 5.41) is 8.80. The van der Waals surface area contributed by atoms with Crippen molar-refractivity contribution in [3.05, 3.63) is 66.3 Å². The highest BCUT2D eigenvalue weighted by Gasteiger charge is 2.08. The Morgan fingerprint density at radius 1 is 1.17 bits per heavy atom. The third-order valence-electron chi connectivity index (χ3n) is 3.87. The van der Waals surface area contributed by atoms with Crippen LogP contribution in [0.4, 0.5) is 5.69 Å². The maximum absolute atomic E-state index is 12.0. The quantitative estimate of drug-likeness (QED) is 0.270. The van der Waals surface area contributed by atoms with Crippen molar-refractivity contribution in [2.45, 2.75) is 13.5 Å². The molecule has 0 spiro atoms. The van der Waals surface area contributed by atoms with Crippen molar-refractivity contribution in [3.63, 3.8) is 0 Å².